The van der Waals surface area contributed by atoms with Gasteiger partial charge in [0, 0.05) is 6.07 Å². The van der Waals surface area contributed by atoms with Gasteiger partial charge in [-0.15, -0.1) is 5.10 Å². The molecular weight excluding hydrogens is 374 g/mol. The predicted octanol–water partition coefficient (Wildman–Crippen LogP) is 3.69. The molecule has 6 nitrogen and oxygen atoms in total. The molecule has 29 heavy (non-hydrogen) atoms. The summed E-state index contributed by atoms with van der Waals surface area (Å²) >= 11 is 0. The van der Waals surface area contributed by atoms with Crippen molar-refractivity contribution in [3.8, 4) is 11.1 Å². The van der Waals surface area contributed by atoms with Crippen LogP contribution in [0.2, 0.25) is 0 Å². The highest BCUT2D eigenvalue weighted by Crippen LogP contribution is 2.20. The maximum absolute atomic E-state index is 13.5. The third-order valence-corrected chi connectivity index (χ3v) is 3.86. The van der Waals surface area contributed by atoms with Gasteiger partial charge in [-0.2, -0.15) is 10.2 Å². The van der Waals surface area contributed by atoms with Crippen molar-refractivity contribution in [2.24, 2.45) is 26.8 Å². The maximum Gasteiger partial charge on any atom is 0.211 e. The lowest BCUT2D eigenvalue weighted by atomic mass is 10.0. The minimum absolute atomic E-state index is 0.0977. The van der Waals surface area contributed by atoms with Gasteiger partial charge in [0.2, 0.25) is 5.96 Å². The van der Waals surface area contributed by atoms with Crippen molar-refractivity contribution < 1.29 is 8.78 Å². The molecule has 3 aromatic carbocycles. The minimum Gasteiger partial charge on any atom is -0.369 e. The van der Waals surface area contributed by atoms with Crippen molar-refractivity contribution in [2.75, 3.05) is 5.43 Å². The van der Waals surface area contributed by atoms with E-state index in [0.717, 1.165) is 34.4 Å². The summed E-state index contributed by atoms with van der Waals surface area (Å²) in [6.07, 6.45) is 3.11. The molecule has 3 aromatic rings. The third-order valence-electron chi connectivity index (χ3n) is 3.86. The van der Waals surface area contributed by atoms with Crippen molar-refractivity contribution in [3.63, 3.8) is 0 Å². The standard InChI is InChI=1S/C21H18F2N6/c22-18-9-10-20(19(23)11-18)28-26-12-14-1-5-16(6-2-14)17-7-3-15(4-8-17)13-27-29-21(24)25/h1-13,28H,(H4,24,25,29). The maximum atomic E-state index is 13.5. The second kappa shape index (κ2) is 9.23. The van der Waals surface area contributed by atoms with Gasteiger partial charge in [0.15, 0.2) is 5.82 Å². The van der Waals surface area contributed by atoms with E-state index in [0.29, 0.717) is 0 Å². The topological polar surface area (TPSA) is 101 Å². The smallest absolute Gasteiger partial charge is 0.211 e. The number of benzene rings is 3. The Labute approximate surface area is 166 Å². The van der Waals surface area contributed by atoms with E-state index in [4.69, 9.17) is 11.5 Å². The van der Waals surface area contributed by atoms with Crippen LogP contribution in [-0.2, 0) is 0 Å². The molecule has 0 saturated heterocycles. The molecule has 0 spiro atoms. The second-order valence-electron chi connectivity index (χ2n) is 6.01. The van der Waals surface area contributed by atoms with E-state index >= 15 is 0 Å². The van der Waals surface area contributed by atoms with Gasteiger partial charge in [-0.1, -0.05) is 48.5 Å². The summed E-state index contributed by atoms with van der Waals surface area (Å²) in [5, 5.41) is 11.3. The summed E-state index contributed by atoms with van der Waals surface area (Å²) in [4.78, 5) is 0. The highest BCUT2D eigenvalue weighted by molar-refractivity contribution is 5.83. The lowest BCUT2D eigenvalue weighted by molar-refractivity contribution is 0.585. The fourth-order valence-corrected chi connectivity index (χ4v) is 2.44. The first kappa shape index (κ1) is 19.7. The summed E-state index contributed by atoms with van der Waals surface area (Å²) < 4.78 is 26.4. The average molecular weight is 392 g/mol. The van der Waals surface area contributed by atoms with Gasteiger partial charge < -0.3 is 11.5 Å². The molecular formula is C21H18F2N6. The predicted molar refractivity (Wildman–Crippen MR) is 113 cm³/mol. The zero-order valence-electron chi connectivity index (χ0n) is 15.3. The summed E-state index contributed by atoms with van der Waals surface area (Å²) in [5.74, 6) is -1.44. The Morgan fingerprint density at radius 2 is 1.38 bits per heavy atom. The van der Waals surface area contributed by atoms with E-state index < -0.39 is 11.6 Å². The molecule has 0 heterocycles. The molecule has 0 aromatic heterocycles. The largest absolute Gasteiger partial charge is 0.369 e. The number of nitrogens with zero attached hydrogens (tertiary/aromatic N) is 3. The number of guanidine groups is 1. The fourth-order valence-electron chi connectivity index (χ4n) is 2.44. The molecule has 3 rings (SSSR count). The van der Waals surface area contributed by atoms with E-state index in [1.54, 1.807) is 12.4 Å². The van der Waals surface area contributed by atoms with Gasteiger partial charge in [0.25, 0.3) is 0 Å². The molecule has 5 N–H and O–H groups in total. The number of nitrogens with one attached hydrogen (secondary N) is 1. The summed E-state index contributed by atoms with van der Waals surface area (Å²) in [6.45, 7) is 0. The first-order valence-electron chi connectivity index (χ1n) is 8.58. The fraction of sp³-hybridized carbons (Fsp3) is 0. The Morgan fingerprint density at radius 3 is 1.93 bits per heavy atom. The Morgan fingerprint density at radius 1 is 0.793 bits per heavy atom. The minimum atomic E-state index is -0.704. The zero-order chi connectivity index (χ0) is 20.6. The van der Waals surface area contributed by atoms with Gasteiger partial charge in [0.05, 0.1) is 18.1 Å². The Kier molecular flexibility index (Phi) is 6.26. The highest BCUT2D eigenvalue weighted by atomic mass is 19.1. The molecule has 0 atom stereocenters. The second-order valence-corrected chi connectivity index (χ2v) is 6.01. The molecule has 8 heteroatoms. The molecule has 0 amide bonds. The summed E-state index contributed by atoms with van der Waals surface area (Å²) in [6, 6.07) is 18.6. The van der Waals surface area contributed by atoms with Crippen LogP contribution in [0.5, 0.6) is 0 Å². The van der Waals surface area contributed by atoms with Gasteiger partial charge in [-0.25, -0.2) is 8.78 Å². The van der Waals surface area contributed by atoms with Crippen LogP contribution in [-0.4, -0.2) is 18.4 Å². The highest BCUT2D eigenvalue weighted by Gasteiger charge is 2.02. The van der Waals surface area contributed by atoms with Crippen LogP contribution in [0.15, 0.2) is 82.0 Å². The van der Waals surface area contributed by atoms with Crippen LogP contribution in [0, 0.1) is 11.6 Å². The Bertz CT molecular complexity index is 1050. The van der Waals surface area contributed by atoms with Gasteiger partial charge in [0.1, 0.15) is 5.82 Å². The van der Waals surface area contributed by atoms with E-state index in [9.17, 15) is 8.78 Å². The van der Waals surface area contributed by atoms with Gasteiger partial charge >= 0.3 is 0 Å². The lowest BCUT2D eigenvalue weighted by Crippen LogP contribution is -2.21. The molecule has 0 radical (unpaired) electrons. The molecule has 0 bridgehead atoms. The molecule has 0 aliphatic rings. The number of rotatable bonds is 6. The number of nitrogens with two attached hydrogens (primary N) is 2. The lowest BCUT2D eigenvalue weighted by Gasteiger charge is -2.04. The quantitative estimate of drug-likeness (QED) is 0.339. The van der Waals surface area contributed by atoms with E-state index in [-0.39, 0.29) is 11.6 Å². The molecule has 0 fully saturated rings. The molecule has 146 valence electrons. The number of hydrogen-bond acceptors (Lipinski definition) is 4. The zero-order valence-corrected chi connectivity index (χ0v) is 15.3. The van der Waals surface area contributed by atoms with Crippen LogP contribution in [0.3, 0.4) is 0 Å². The van der Waals surface area contributed by atoms with Crippen molar-refractivity contribution >= 4 is 24.1 Å². The van der Waals surface area contributed by atoms with E-state index in [1.165, 1.54) is 6.07 Å². The number of hydrogen-bond donors (Lipinski definition) is 3. The van der Waals surface area contributed by atoms with Crippen molar-refractivity contribution in [2.45, 2.75) is 0 Å². The Balaban J connectivity index is 1.63. The van der Waals surface area contributed by atoms with Gasteiger partial charge in [-0.3, -0.25) is 5.43 Å². The number of anilines is 1. The average Bonchev–Trinajstić information content (AvgIpc) is 2.70. The molecule has 0 aliphatic carbocycles. The van der Waals surface area contributed by atoms with Crippen molar-refractivity contribution in [1.82, 2.24) is 0 Å². The van der Waals surface area contributed by atoms with Crippen molar-refractivity contribution in [1.29, 1.82) is 0 Å². The van der Waals surface area contributed by atoms with Crippen LogP contribution >= 0.6 is 0 Å². The molecule has 0 aliphatic heterocycles. The van der Waals surface area contributed by atoms with Crippen LogP contribution in [0.1, 0.15) is 11.1 Å². The van der Waals surface area contributed by atoms with Crippen molar-refractivity contribution in [3.05, 3.63) is 89.5 Å². The van der Waals surface area contributed by atoms with E-state index in [1.807, 2.05) is 48.5 Å². The summed E-state index contributed by atoms with van der Waals surface area (Å²) in [5.41, 5.74) is 16.8. The normalized spacial score (nSPS) is 11.1. The summed E-state index contributed by atoms with van der Waals surface area (Å²) in [7, 11) is 0. The molecule has 0 saturated carbocycles. The van der Waals surface area contributed by atoms with Crippen LogP contribution in [0.4, 0.5) is 14.5 Å². The number of hydrazone groups is 1. The first-order valence-corrected chi connectivity index (χ1v) is 8.58. The molecule has 0 unspecified atom stereocenters. The SMILES string of the molecule is NC(N)=NN=Cc1ccc(-c2ccc(C=NNc3ccc(F)cc3F)cc2)cc1. The first-order chi connectivity index (χ1) is 14.0. The Hall–Kier alpha value is -4.07. The monoisotopic (exact) mass is 392 g/mol. The van der Waals surface area contributed by atoms with Crippen LogP contribution in [0.25, 0.3) is 11.1 Å². The van der Waals surface area contributed by atoms with Gasteiger partial charge in [-0.05, 0) is 34.4 Å². The number of halogens is 2. The third kappa shape index (κ3) is 5.70. The van der Waals surface area contributed by atoms with E-state index in [2.05, 4.69) is 20.7 Å². The van der Waals surface area contributed by atoms with Crippen LogP contribution < -0.4 is 16.9 Å².